The molecule has 2 aliphatic carbocycles. The largest absolute Gasteiger partial charge is 0.381 e. The number of rotatable bonds is 5. The van der Waals surface area contributed by atoms with Gasteiger partial charge in [-0.15, -0.1) is 0 Å². The van der Waals surface area contributed by atoms with Gasteiger partial charge in [-0.1, -0.05) is 31.9 Å². The third-order valence-electron chi connectivity index (χ3n) is 5.72. The van der Waals surface area contributed by atoms with Gasteiger partial charge in [0.05, 0.1) is 6.10 Å². The lowest BCUT2D eigenvalue weighted by atomic mass is 9.70. The minimum atomic E-state index is -0.112. The molecule has 1 spiro atoms. The topological polar surface area (TPSA) is 26.3 Å². The molecular weight excluding hydrogens is 272 g/mol. The maximum atomic E-state index is 13.0. The van der Waals surface area contributed by atoms with E-state index in [-0.39, 0.29) is 5.41 Å². The number of ketones is 1. The Kier molecular flexibility index (Phi) is 4.67. The van der Waals surface area contributed by atoms with Gasteiger partial charge in [-0.2, -0.15) is 0 Å². The van der Waals surface area contributed by atoms with E-state index in [1.54, 1.807) is 7.11 Å². The maximum absolute atomic E-state index is 13.0. The van der Waals surface area contributed by atoms with Crippen LogP contribution in [0.4, 0.5) is 0 Å². The molecule has 0 bridgehead atoms. The molecule has 22 heavy (non-hydrogen) atoms. The number of hydrogen-bond acceptors (Lipinski definition) is 2. The number of carbonyl (C=O) groups is 1. The highest BCUT2D eigenvalue weighted by molar-refractivity contribution is 6.05. The third kappa shape index (κ3) is 2.86. The van der Waals surface area contributed by atoms with E-state index in [1.165, 1.54) is 30.4 Å². The molecule has 1 aromatic rings. The molecule has 1 aromatic carbocycles. The van der Waals surface area contributed by atoms with Crippen molar-refractivity contribution in [3.05, 3.63) is 34.9 Å². The van der Waals surface area contributed by atoms with E-state index in [2.05, 4.69) is 25.1 Å². The highest BCUT2D eigenvalue weighted by Gasteiger charge is 2.47. The molecule has 0 radical (unpaired) electrons. The molecule has 3 rings (SSSR count). The zero-order valence-corrected chi connectivity index (χ0v) is 14.0. The molecular formula is C20H28O2. The molecule has 0 N–H and O–H groups in total. The van der Waals surface area contributed by atoms with Crippen LogP contribution in [0, 0.1) is 5.41 Å². The van der Waals surface area contributed by atoms with Crippen molar-refractivity contribution in [3.63, 3.8) is 0 Å². The van der Waals surface area contributed by atoms with Gasteiger partial charge in [-0.05, 0) is 62.1 Å². The van der Waals surface area contributed by atoms with Crippen LogP contribution < -0.4 is 0 Å². The number of methoxy groups -OCH3 is 1. The van der Waals surface area contributed by atoms with Gasteiger partial charge >= 0.3 is 0 Å². The molecule has 2 nitrogen and oxygen atoms in total. The van der Waals surface area contributed by atoms with Crippen LogP contribution in [0.2, 0.25) is 0 Å². The van der Waals surface area contributed by atoms with Crippen LogP contribution in [0.15, 0.2) is 18.2 Å². The fourth-order valence-electron chi connectivity index (χ4n) is 4.24. The Morgan fingerprint density at radius 3 is 2.68 bits per heavy atom. The first-order valence-corrected chi connectivity index (χ1v) is 8.88. The van der Waals surface area contributed by atoms with Gasteiger partial charge < -0.3 is 4.74 Å². The number of ether oxygens (including phenoxy) is 1. The van der Waals surface area contributed by atoms with Crippen molar-refractivity contribution in [2.75, 3.05) is 7.11 Å². The lowest BCUT2D eigenvalue weighted by molar-refractivity contribution is 0.0285. The predicted octanol–water partition coefficient (Wildman–Crippen LogP) is 4.73. The van der Waals surface area contributed by atoms with E-state index in [1.807, 2.05) is 0 Å². The van der Waals surface area contributed by atoms with Crippen LogP contribution in [-0.2, 0) is 17.6 Å². The Morgan fingerprint density at radius 1 is 1.23 bits per heavy atom. The Morgan fingerprint density at radius 2 is 2.00 bits per heavy atom. The first kappa shape index (κ1) is 15.7. The summed E-state index contributed by atoms with van der Waals surface area (Å²) >= 11 is 0. The van der Waals surface area contributed by atoms with E-state index in [0.717, 1.165) is 44.1 Å². The number of aryl methyl sites for hydroxylation is 1. The average molecular weight is 300 g/mol. The summed E-state index contributed by atoms with van der Waals surface area (Å²) in [4.78, 5) is 13.0. The maximum Gasteiger partial charge on any atom is 0.169 e. The quantitative estimate of drug-likeness (QED) is 0.735. The zero-order valence-electron chi connectivity index (χ0n) is 14.0. The van der Waals surface area contributed by atoms with Gasteiger partial charge in [0.25, 0.3) is 0 Å². The van der Waals surface area contributed by atoms with Gasteiger partial charge in [-0.3, -0.25) is 4.79 Å². The SMILES string of the molecule is CCCCCc1ccc2c(c1)C(=O)[C@]1(CC[C@H](OC)CC1)C2. The van der Waals surface area contributed by atoms with E-state index in [0.29, 0.717) is 11.9 Å². The molecule has 0 unspecified atom stereocenters. The fourth-order valence-corrected chi connectivity index (χ4v) is 4.24. The van der Waals surface area contributed by atoms with Gasteiger partial charge in [0.2, 0.25) is 0 Å². The van der Waals surface area contributed by atoms with E-state index >= 15 is 0 Å². The Bertz CT molecular complexity index is 539. The predicted molar refractivity (Wildman–Crippen MR) is 89.4 cm³/mol. The van der Waals surface area contributed by atoms with Crippen LogP contribution in [0.25, 0.3) is 0 Å². The molecule has 0 aromatic heterocycles. The zero-order chi connectivity index (χ0) is 15.6. The number of hydrogen-bond donors (Lipinski definition) is 0. The normalized spacial score (nSPS) is 27.4. The second kappa shape index (κ2) is 6.54. The number of carbonyl (C=O) groups excluding carboxylic acids is 1. The summed E-state index contributed by atoms with van der Waals surface area (Å²) in [6.07, 6.45) is 10.2. The molecule has 0 heterocycles. The molecule has 0 atom stereocenters. The van der Waals surface area contributed by atoms with Gasteiger partial charge in [0, 0.05) is 18.1 Å². The number of benzene rings is 1. The smallest absolute Gasteiger partial charge is 0.169 e. The van der Waals surface area contributed by atoms with Crippen molar-refractivity contribution in [3.8, 4) is 0 Å². The van der Waals surface area contributed by atoms with Crippen molar-refractivity contribution in [2.45, 2.75) is 70.8 Å². The van der Waals surface area contributed by atoms with Crippen molar-refractivity contribution in [1.82, 2.24) is 0 Å². The first-order chi connectivity index (χ1) is 10.7. The summed E-state index contributed by atoms with van der Waals surface area (Å²) < 4.78 is 5.47. The van der Waals surface area contributed by atoms with Gasteiger partial charge in [-0.25, -0.2) is 0 Å². The molecule has 1 saturated carbocycles. The molecule has 120 valence electrons. The van der Waals surface area contributed by atoms with Crippen LogP contribution in [-0.4, -0.2) is 19.0 Å². The van der Waals surface area contributed by atoms with Crippen molar-refractivity contribution in [1.29, 1.82) is 0 Å². The standard InChI is InChI=1S/C20H28O2/c1-3-4-5-6-15-7-8-16-14-20(19(21)18(16)13-15)11-9-17(22-2)10-12-20/h7-8,13,17H,3-6,9-12,14H2,1-2H3/t17-,20-. The Hall–Kier alpha value is -1.15. The summed E-state index contributed by atoms with van der Waals surface area (Å²) in [7, 11) is 1.79. The van der Waals surface area contributed by atoms with Gasteiger partial charge in [0.1, 0.15) is 0 Å². The molecule has 2 heteroatoms. The summed E-state index contributed by atoms with van der Waals surface area (Å²) in [6.45, 7) is 2.23. The monoisotopic (exact) mass is 300 g/mol. The Labute approximate surface area is 134 Å². The van der Waals surface area contributed by atoms with Crippen LogP contribution in [0.3, 0.4) is 0 Å². The van der Waals surface area contributed by atoms with Crippen LogP contribution >= 0.6 is 0 Å². The van der Waals surface area contributed by atoms with Crippen molar-refractivity contribution in [2.24, 2.45) is 5.41 Å². The molecule has 0 aliphatic heterocycles. The fraction of sp³-hybridized carbons (Fsp3) is 0.650. The highest BCUT2D eigenvalue weighted by atomic mass is 16.5. The minimum Gasteiger partial charge on any atom is -0.381 e. The lowest BCUT2D eigenvalue weighted by Crippen LogP contribution is -2.35. The summed E-state index contributed by atoms with van der Waals surface area (Å²) in [6, 6.07) is 6.64. The number of fused-ring (bicyclic) bond motifs is 1. The van der Waals surface area contributed by atoms with Gasteiger partial charge in [0.15, 0.2) is 5.78 Å². The van der Waals surface area contributed by atoms with E-state index < -0.39 is 0 Å². The number of Topliss-reactive ketones (excluding diaryl/α,β-unsaturated/α-hetero) is 1. The van der Waals surface area contributed by atoms with Crippen LogP contribution in [0.1, 0.15) is 73.4 Å². The minimum absolute atomic E-state index is 0.112. The van der Waals surface area contributed by atoms with E-state index in [4.69, 9.17) is 4.74 Å². The van der Waals surface area contributed by atoms with Crippen molar-refractivity contribution < 1.29 is 9.53 Å². The lowest BCUT2D eigenvalue weighted by Gasteiger charge is -2.35. The highest BCUT2D eigenvalue weighted by Crippen LogP contribution is 2.47. The Balaban J connectivity index is 1.74. The van der Waals surface area contributed by atoms with E-state index in [9.17, 15) is 4.79 Å². The summed E-state index contributed by atoms with van der Waals surface area (Å²) in [5.41, 5.74) is 3.52. The molecule has 2 aliphatic rings. The third-order valence-corrected chi connectivity index (χ3v) is 5.72. The average Bonchev–Trinajstić information content (AvgIpc) is 2.81. The molecule has 0 saturated heterocycles. The first-order valence-electron chi connectivity index (χ1n) is 8.88. The second-order valence-corrected chi connectivity index (χ2v) is 7.17. The summed E-state index contributed by atoms with van der Waals surface area (Å²) in [5, 5.41) is 0. The van der Waals surface area contributed by atoms with Crippen LogP contribution in [0.5, 0.6) is 0 Å². The molecule has 1 fully saturated rings. The second-order valence-electron chi connectivity index (χ2n) is 7.17. The summed E-state index contributed by atoms with van der Waals surface area (Å²) in [5.74, 6) is 0.411. The molecule has 0 amide bonds. The van der Waals surface area contributed by atoms with Crippen molar-refractivity contribution >= 4 is 5.78 Å². The number of unbranched alkanes of at least 4 members (excludes halogenated alkanes) is 2.